The number of H-pyrrole nitrogens is 1. The molecule has 0 atom stereocenters. The third kappa shape index (κ3) is 1.92. The summed E-state index contributed by atoms with van der Waals surface area (Å²) in [7, 11) is 0. The van der Waals surface area contributed by atoms with Crippen LogP contribution in [0.4, 0.5) is 8.78 Å². The van der Waals surface area contributed by atoms with Crippen LogP contribution in [0.15, 0.2) is 15.3 Å². The Kier molecular flexibility index (Phi) is 2.78. The van der Waals surface area contributed by atoms with E-state index in [0.29, 0.717) is 0 Å². The molecule has 0 radical (unpaired) electrons. The zero-order chi connectivity index (χ0) is 10.0. The molecule has 1 aromatic heterocycles. The van der Waals surface area contributed by atoms with Gasteiger partial charge in [-0.25, -0.2) is 8.78 Å². The molecular formula is C7H3BrF2N2O. The molecule has 0 fully saturated rings. The van der Waals surface area contributed by atoms with E-state index in [4.69, 9.17) is 5.26 Å². The molecule has 0 spiro atoms. The van der Waals surface area contributed by atoms with E-state index in [9.17, 15) is 13.6 Å². The molecule has 0 amide bonds. The Labute approximate surface area is 80.1 Å². The molecule has 0 saturated heterocycles. The quantitative estimate of drug-likeness (QED) is 0.826. The van der Waals surface area contributed by atoms with Crippen LogP contribution in [0, 0.1) is 11.3 Å². The van der Waals surface area contributed by atoms with Gasteiger partial charge in [-0.05, 0) is 15.9 Å². The highest BCUT2D eigenvalue weighted by Crippen LogP contribution is 2.26. The van der Waals surface area contributed by atoms with Crippen molar-refractivity contribution in [2.75, 3.05) is 0 Å². The van der Waals surface area contributed by atoms with Crippen LogP contribution >= 0.6 is 15.9 Å². The maximum absolute atomic E-state index is 12.2. The number of alkyl halides is 2. The molecule has 6 heteroatoms. The molecule has 0 unspecified atom stereocenters. The molecule has 1 aromatic rings. The first kappa shape index (κ1) is 9.86. The summed E-state index contributed by atoms with van der Waals surface area (Å²) < 4.78 is 24.4. The highest BCUT2D eigenvalue weighted by atomic mass is 79.9. The Hall–Kier alpha value is -1.22. The van der Waals surface area contributed by atoms with E-state index in [-0.39, 0.29) is 10.0 Å². The van der Waals surface area contributed by atoms with Gasteiger partial charge >= 0.3 is 0 Å². The number of aromatic nitrogens is 1. The number of rotatable bonds is 1. The minimum absolute atomic E-state index is 0.0652. The van der Waals surface area contributed by atoms with Crippen LogP contribution in [0.1, 0.15) is 17.7 Å². The first-order valence-corrected chi connectivity index (χ1v) is 3.96. The fourth-order valence-electron chi connectivity index (χ4n) is 0.795. The number of nitriles is 1. The molecule has 0 aliphatic heterocycles. The van der Waals surface area contributed by atoms with Crippen LogP contribution in [0.2, 0.25) is 0 Å². The summed E-state index contributed by atoms with van der Waals surface area (Å²) in [4.78, 5) is 12.7. The molecule has 13 heavy (non-hydrogen) atoms. The van der Waals surface area contributed by atoms with Crippen molar-refractivity contribution in [3.8, 4) is 6.07 Å². The summed E-state index contributed by atoms with van der Waals surface area (Å²) in [6, 6.07) is 2.59. The molecule has 1 N–H and O–H groups in total. The van der Waals surface area contributed by atoms with Gasteiger partial charge in [0.05, 0.1) is 10.0 Å². The lowest BCUT2D eigenvalue weighted by Crippen LogP contribution is -2.10. The molecule has 1 heterocycles. The second-order valence-electron chi connectivity index (χ2n) is 2.19. The number of aromatic amines is 1. The van der Waals surface area contributed by atoms with Crippen molar-refractivity contribution in [2.45, 2.75) is 6.43 Å². The number of hydrogen-bond acceptors (Lipinski definition) is 2. The van der Waals surface area contributed by atoms with Gasteiger partial charge < -0.3 is 4.98 Å². The smallest absolute Gasteiger partial charge is 0.279 e. The van der Waals surface area contributed by atoms with Gasteiger partial charge in [0.25, 0.3) is 6.43 Å². The lowest BCUT2D eigenvalue weighted by atomic mass is 10.2. The Balaban J connectivity index is 3.47. The zero-order valence-corrected chi connectivity index (χ0v) is 7.73. The van der Waals surface area contributed by atoms with Gasteiger partial charge in [-0.1, -0.05) is 0 Å². The van der Waals surface area contributed by atoms with Gasteiger partial charge in [-0.15, -0.1) is 0 Å². The SMILES string of the molecule is N#Cc1cc(=O)[nH]c(C(F)F)c1Br. The Morgan fingerprint density at radius 2 is 2.23 bits per heavy atom. The van der Waals surface area contributed by atoms with Gasteiger partial charge in [0.15, 0.2) is 0 Å². The monoisotopic (exact) mass is 248 g/mol. The van der Waals surface area contributed by atoms with Crippen molar-refractivity contribution in [2.24, 2.45) is 0 Å². The molecule has 0 aliphatic carbocycles. The Morgan fingerprint density at radius 3 is 2.69 bits per heavy atom. The van der Waals surface area contributed by atoms with Crippen molar-refractivity contribution < 1.29 is 8.78 Å². The minimum Gasteiger partial charge on any atom is -0.320 e. The molecular weight excluding hydrogens is 246 g/mol. The maximum atomic E-state index is 12.2. The Bertz CT molecular complexity index is 421. The van der Waals surface area contributed by atoms with E-state index in [1.165, 1.54) is 0 Å². The fraction of sp³-hybridized carbons (Fsp3) is 0.143. The largest absolute Gasteiger partial charge is 0.320 e. The predicted molar refractivity (Wildman–Crippen MR) is 44.4 cm³/mol. The van der Waals surface area contributed by atoms with Crippen LogP contribution in [0.5, 0.6) is 0 Å². The fourth-order valence-corrected chi connectivity index (χ4v) is 1.27. The molecule has 0 aliphatic rings. The third-order valence-corrected chi connectivity index (χ3v) is 2.20. The third-order valence-electron chi connectivity index (χ3n) is 1.34. The van der Waals surface area contributed by atoms with Gasteiger partial charge in [0.1, 0.15) is 11.8 Å². The topological polar surface area (TPSA) is 56.6 Å². The zero-order valence-electron chi connectivity index (χ0n) is 6.14. The van der Waals surface area contributed by atoms with E-state index in [1.54, 1.807) is 6.07 Å². The molecule has 0 saturated carbocycles. The maximum Gasteiger partial charge on any atom is 0.279 e. The van der Waals surface area contributed by atoms with E-state index in [1.807, 2.05) is 4.98 Å². The first-order chi connectivity index (χ1) is 6.06. The molecule has 68 valence electrons. The van der Waals surface area contributed by atoms with Crippen molar-refractivity contribution in [1.29, 1.82) is 5.26 Å². The summed E-state index contributed by atoms with van der Waals surface area (Å²) >= 11 is 2.80. The second kappa shape index (κ2) is 3.66. The Morgan fingerprint density at radius 1 is 1.62 bits per heavy atom. The van der Waals surface area contributed by atoms with Gasteiger partial charge in [-0.3, -0.25) is 4.79 Å². The molecule has 3 nitrogen and oxygen atoms in total. The van der Waals surface area contributed by atoms with Gasteiger partial charge in [0.2, 0.25) is 5.56 Å². The summed E-state index contributed by atoms with van der Waals surface area (Å²) in [5, 5.41) is 8.47. The average Bonchev–Trinajstić information content (AvgIpc) is 2.08. The first-order valence-electron chi connectivity index (χ1n) is 3.17. The molecule has 0 aromatic carbocycles. The van der Waals surface area contributed by atoms with E-state index in [2.05, 4.69) is 15.9 Å². The van der Waals surface area contributed by atoms with Crippen molar-refractivity contribution in [1.82, 2.24) is 4.98 Å². The molecule has 0 bridgehead atoms. The number of halogens is 3. The standard InChI is InChI=1S/C7H3BrF2N2O/c8-5-3(2-11)1-4(13)12-6(5)7(9)10/h1,7H,(H,12,13). The summed E-state index contributed by atoms with van der Waals surface area (Å²) in [5.74, 6) is 0. The average molecular weight is 249 g/mol. The lowest BCUT2D eigenvalue weighted by molar-refractivity contribution is 0.145. The van der Waals surface area contributed by atoms with Crippen LogP contribution in [0.3, 0.4) is 0 Å². The highest BCUT2D eigenvalue weighted by molar-refractivity contribution is 9.10. The summed E-state index contributed by atoms with van der Waals surface area (Å²) in [6.07, 6.45) is -2.81. The van der Waals surface area contributed by atoms with Gasteiger partial charge in [0, 0.05) is 6.07 Å². The van der Waals surface area contributed by atoms with Crippen LogP contribution in [-0.2, 0) is 0 Å². The van der Waals surface area contributed by atoms with Crippen molar-refractivity contribution in [3.05, 3.63) is 32.2 Å². The number of nitrogens with zero attached hydrogens (tertiary/aromatic N) is 1. The number of hydrogen-bond donors (Lipinski definition) is 1. The van der Waals surface area contributed by atoms with Gasteiger partial charge in [-0.2, -0.15) is 5.26 Å². The minimum atomic E-state index is -2.81. The number of nitrogens with one attached hydrogen (secondary N) is 1. The lowest BCUT2D eigenvalue weighted by Gasteiger charge is -2.02. The van der Waals surface area contributed by atoms with E-state index >= 15 is 0 Å². The summed E-state index contributed by atoms with van der Waals surface area (Å²) in [6.45, 7) is 0. The highest BCUT2D eigenvalue weighted by Gasteiger charge is 2.15. The predicted octanol–water partition coefficient (Wildman–Crippen LogP) is 1.95. The second-order valence-corrected chi connectivity index (χ2v) is 2.98. The summed E-state index contributed by atoms with van der Waals surface area (Å²) in [5.41, 5.74) is -1.38. The van der Waals surface area contributed by atoms with Crippen molar-refractivity contribution in [3.63, 3.8) is 0 Å². The van der Waals surface area contributed by atoms with E-state index in [0.717, 1.165) is 6.07 Å². The van der Waals surface area contributed by atoms with Crippen LogP contribution < -0.4 is 5.56 Å². The van der Waals surface area contributed by atoms with Crippen LogP contribution in [0.25, 0.3) is 0 Å². The molecule has 1 rings (SSSR count). The van der Waals surface area contributed by atoms with Crippen molar-refractivity contribution >= 4 is 15.9 Å². The van der Waals surface area contributed by atoms with Crippen LogP contribution in [-0.4, -0.2) is 4.98 Å². The normalized spacial score (nSPS) is 10.1. The van der Waals surface area contributed by atoms with E-state index < -0.39 is 17.7 Å². The number of pyridine rings is 1.